The lowest BCUT2D eigenvalue weighted by molar-refractivity contribution is -0.121. The van der Waals surface area contributed by atoms with Crippen LogP contribution in [0.15, 0.2) is 12.1 Å². The highest BCUT2D eigenvalue weighted by molar-refractivity contribution is 6.44. The summed E-state index contributed by atoms with van der Waals surface area (Å²) in [5, 5.41) is 3.83. The average Bonchev–Trinajstić information content (AvgIpc) is 2.34. The Bertz CT molecular complexity index is 529. The summed E-state index contributed by atoms with van der Waals surface area (Å²) in [5.74, 6) is -0.142. The number of nitrogens with one attached hydrogen (secondary N) is 1. The molecular formula is C14H17Cl3N2O2. The molecule has 2 unspecified atom stereocenters. The molecule has 1 aliphatic heterocycles. The van der Waals surface area contributed by atoms with Crippen LogP contribution in [0, 0.1) is 0 Å². The Morgan fingerprint density at radius 1 is 1.19 bits per heavy atom. The van der Waals surface area contributed by atoms with Crippen LogP contribution in [0.5, 0.6) is 0 Å². The van der Waals surface area contributed by atoms with Crippen molar-refractivity contribution in [3.63, 3.8) is 0 Å². The van der Waals surface area contributed by atoms with Crippen molar-refractivity contribution in [2.75, 3.05) is 25.0 Å². The summed E-state index contributed by atoms with van der Waals surface area (Å²) in [7, 11) is 0. The Balaban J connectivity index is 1.97. The van der Waals surface area contributed by atoms with Gasteiger partial charge in [0, 0.05) is 13.1 Å². The molecule has 21 heavy (non-hydrogen) atoms. The summed E-state index contributed by atoms with van der Waals surface area (Å²) < 4.78 is 5.64. The van der Waals surface area contributed by atoms with Crippen LogP contribution in [-0.4, -0.2) is 42.6 Å². The Morgan fingerprint density at radius 2 is 1.76 bits per heavy atom. The minimum atomic E-state index is -0.142. The van der Waals surface area contributed by atoms with E-state index in [1.54, 1.807) is 6.07 Å². The van der Waals surface area contributed by atoms with Crippen LogP contribution in [-0.2, 0) is 9.53 Å². The molecule has 0 aliphatic carbocycles. The summed E-state index contributed by atoms with van der Waals surface area (Å²) in [5.41, 5.74) is 0.463. The smallest absolute Gasteiger partial charge is 0.238 e. The van der Waals surface area contributed by atoms with Gasteiger partial charge in [-0.2, -0.15) is 0 Å². The molecule has 1 heterocycles. The van der Waals surface area contributed by atoms with E-state index in [1.807, 2.05) is 13.8 Å². The average molecular weight is 352 g/mol. The van der Waals surface area contributed by atoms with Crippen LogP contribution >= 0.6 is 34.8 Å². The first-order valence-corrected chi connectivity index (χ1v) is 7.80. The van der Waals surface area contributed by atoms with Gasteiger partial charge in [0.15, 0.2) is 0 Å². The maximum atomic E-state index is 12.1. The van der Waals surface area contributed by atoms with Crippen molar-refractivity contribution in [1.82, 2.24) is 4.90 Å². The molecule has 7 heteroatoms. The van der Waals surface area contributed by atoms with Crippen molar-refractivity contribution in [2.45, 2.75) is 26.1 Å². The summed E-state index contributed by atoms with van der Waals surface area (Å²) in [6.07, 6.45) is 0.241. The number of benzene rings is 1. The molecule has 0 aromatic heterocycles. The molecule has 1 aromatic rings. The minimum Gasteiger partial charge on any atom is -0.373 e. The van der Waals surface area contributed by atoms with Crippen molar-refractivity contribution in [1.29, 1.82) is 0 Å². The monoisotopic (exact) mass is 350 g/mol. The second kappa shape index (κ2) is 7.16. The fourth-order valence-electron chi connectivity index (χ4n) is 2.42. The molecule has 1 aliphatic rings. The molecule has 116 valence electrons. The molecule has 1 N–H and O–H groups in total. The first-order chi connectivity index (χ1) is 9.85. The third-order valence-electron chi connectivity index (χ3n) is 3.15. The van der Waals surface area contributed by atoms with E-state index in [0.717, 1.165) is 13.1 Å². The lowest BCUT2D eigenvalue weighted by atomic mass is 10.2. The summed E-state index contributed by atoms with van der Waals surface area (Å²) in [6, 6.07) is 3.06. The number of carbonyl (C=O) groups excluding carboxylic acids is 1. The second-order valence-electron chi connectivity index (χ2n) is 5.25. The number of ether oxygens (including phenoxy) is 1. The molecule has 1 aromatic carbocycles. The van der Waals surface area contributed by atoms with Gasteiger partial charge >= 0.3 is 0 Å². The van der Waals surface area contributed by atoms with Crippen molar-refractivity contribution in [3.8, 4) is 0 Å². The van der Waals surface area contributed by atoms with Gasteiger partial charge in [-0.15, -0.1) is 0 Å². The molecule has 2 rings (SSSR count). The van der Waals surface area contributed by atoms with Gasteiger partial charge in [-0.05, 0) is 26.0 Å². The Hall–Kier alpha value is -0.520. The lowest BCUT2D eigenvalue weighted by Gasteiger charge is -2.34. The number of hydrogen-bond acceptors (Lipinski definition) is 3. The third kappa shape index (κ3) is 4.73. The molecule has 1 amide bonds. The van der Waals surface area contributed by atoms with E-state index in [-0.39, 0.29) is 24.7 Å². The van der Waals surface area contributed by atoms with Crippen molar-refractivity contribution < 1.29 is 9.53 Å². The largest absolute Gasteiger partial charge is 0.373 e. The normalized spacial score (nSPS) is 23.1. The fourth-order valence-corrected chi connectivity index (χ4v) is 3.02. The van der Waals surface area contributed by atoms with Crippen LogP contribution < -0.4 is 5.32 Å². The van der Waals surface area contributed by atoms with Crippen LogP contribution in [0.2, 0.25) is 15.1 Å². The number of anilines is 1. The number of hydrogen-bond donors (Lipinski definition) is 1. The van der Waals surface area contributed by atoms with E-state index in [0.29, 0.717) is 20.8 Å². The van der Waals surface area contributed by atoms with Gasteiger partial charge in [0.1, 0.15) is 0 Å². The first kappa shape index (κ1) is 16.8. The molecule has 2 atom stereocenters. The quantitative estimate of drug-likeness (QED) is 0.844. The van der Waals surface area contributed by atoms with Crippen molar-refractivity contribution in [2.24, 2.45) is 0 Å². The third-order valence-corrected chi connectivity index (χ3v) is 4.18. The Kier molecular flexibility index (Phi) is 5.74. The molecule has 0 bridgehead atoms. The van der Waals surface area contributed by atoms with E-state index in [2.05, 4.69) is 10.2 Å². The molecule has 1 fully saturated rings. The molecule has 0 spiro atoms. The molecular weight excluding hydrogens is 335 g/mol. The van der Waals surface area contributed by atoms with Gasteiger partial charge in [0.05, 0.1) is 39.5 Å². The summed E-state index contributed by atoms with van der Waals surface area (Å²) in [6.45, 7) is 5.74. The van der Waals surface area contributed by atoms with E-state index in [1.165, 1.54) is 6.07 Å². The highest BCUT2D eigenvalue weighted by Crippen LogP contribution is 2.32. The number of nitrogens with zero attached hydrogens (tertiary/aromatic N) is 1. The minimum absolute atomic E-state index is 0.120. The van der Waals surface area contributed by atoms with Crippen molar-refractivity contribution in [3.05, 3.63) is 27.2 Å². The topological polar surface area (TPSA) is 41.6 Å². The van der Waals surface area contributed by atoms with Crippen molar-refractivity contribution >= 4 is 46.4 Å². The van der Waals surface area contributed by atoms with Crippen LogP contribution in [0.4, 0.5) is 5.69 Å². The molecule has 0 saturated carbocycles. The predicted octanol–water partition coefficient (Wildman–Crippen LogP) is 3.69. The van der Waals surface area contributed by atoms with E-state index < -0.39 is 0 Å². The number of halogens is 3. The fraction of sp³-hybridized carbons (Fsp3) is 0.500. The lowest BCUT2D eigenvalue weighted by Crippen LogP contribution is -2.48. The van der Waals surface area contributed by atoms with E-state index in [9.17, 15) is 4.79 Å². The van der Waals surface area contributed by atoms with Gasteiger partial charge in [0.2, 0.25) is 5.91 Å². The summed E-state index contributed by atoms with van der Waals surface area (Å²) >= 11 is 17.8. The maximum absolute atomic E-state index is 12.1. The number of amides is 1. The molecule has 0 radical (unpaired) electrons. The number of carbonyl (C=O) groups is 1. The molecule has 1 saturated heterocycles. The zero-order valence-corrected chi connectivity index (χ0v) is 14.1. The van der Waals surface area contributed by atoms with E-state index in [4.69, 9.17) is 39.5 Å². The number of rotatable bonds is 3. The zero-order chi connectivity index (χ0) is 15.6. The Morgan fingerprint density at radius 3 is 2.38 bits per heavy atom. The zero-order valence-electron chi connectivity index (χ0n) is 11.8. The van der Waals surface area contributed by atoms with Gasteiger partial charge in [-0.25, -0.2) is 0 Å². The SMILES string of the molecule is CC1CN(CC(=O)Nc2cc(Cl)c(Cl)cc2Cl)CC(C)O1. The van der Waals surface area contributed by atoms with Crippen LogP contribution in [0.25, 0.3) is 0 Å². The maximum Gasteiger partial charge on any atom is 0.238 e. The van der Waals surface area contributed by atoms with E-state index >= 15 is 0 Å². The first-order valence-electron chi connectivity index (χ1n) is 6.67. The van der Waals surface area contributed by atoms with Gasteiger partial charge < -0.3 is 10.1 Å². The van der Waals surface area contributed by atoms with Gasteiger partial charge in [-0.3, -0.25) is 9.69 Å². The highest BCUT2D eigenvalue weighted by atomic mass is 35.5. The second-order valence-corrected chi connectivity index (χ2v) is 6.47. The highest BCUT2D eigenvalue weighted by Gasteiger charge is 2.23. The van der Waals surface area contributed by atoms with Crippen LogP contribution in [0.3, 0.4) is 0 Å². The molecule has 4 nitrogen and oxygen atoms in total. The predicted molar refractivity (Wildman–Crippen MR) is 86.6 cm³/mol. The van der Waals surface area contributed by atoms with Crippen LogP contribution in [0.1, 0.15) is 13.8 Å². The summed E-state index contributed by atoms with van der Waals surface area (Å²) in [4.78, 5) is 14.2. The van der Waals surface area contributed by atoms with Gasteiger partial charge in [0.25, 0.3) is 0 Å². The Labute approximate surface area is 139 Å². The number of morpholine rings is 1. The standard InChI is InChI=1S/C14H17Cl3N2O2/c1-8-5-19(6-9(2)21-8)7-14(20)18-13-4-11(16)10(15)3-12(13)17/h3-4,8-9H,5-7H2,1-2H3,(H,18,20). The van der Waals surface area contributed by atoms with Gasteiger partial charge in [-0.1, -0.05) is 34.8 Å².